The Hall–Kier alpha value is -1.18. The zero-order valence-corrected chi connectivity index (χ0v) is 8.07. The van der Waals surface area contributed by atoms with Crippen molar-refractivity contribution < 1.29 is 4.79 Å². The summed E-state index contributed by atoms with van der Waals surface area (Å²) in [4.78, 5) is 13.3. The van der Waals surface area contributed by atoms with Crippen LogP contribution in [0.15, 0.2) is 23.2 Å². The predicted molar refractivity (Wildman–Crippen MR) is 51.7 cm³/mol. The number of aliphatic imine (C=N–C) groups is 1. The highest BCUT2D eigenvalue weighted by Gasteiger charge is 1.99. The Bertz CT molecular complexity index is 389. The molecular formula is C8H3IN2O. The molecule has 0 saturated heterocycles. The Morgan fingerprint density at radius 1 is 1.50 bits per heavy atom. The van der Waals surface area contributed by atoms with Gasteiger partial charge in [0.2, 0.25) is 6.08 Å². The van der Waals surface area contributed by atoms with Crippen molar-refractivity contribution in [1.29, 1.82) is 5.26 Å². The second-order valence-corrected chi connectivity index (χ2v) is 3.22. The molecule has 0 N–H and O–H groups in total. The quantitative estimate of drug-likeness (QED) is 0.446. The summed E-state index contributed by atoms with van der Waals surface area (Å²) in [5.41, 5.74) is 0.762. The van der Waals surface area contributed by atoms with Crippen molar-refractivity contribution in [2.24, 2.45) is 4.99 Å². The van der Waals surface area contributed by atoms with Crippen LogP contribution in [-0.4, -0.2) is 6.08 Å². The van der Waals surface area contributed by atoms with E-state index in [1.54, 1.807) is 18.2 Å². The summed E-state index contributed by atoms with van der Waals surface area (Å²) in [5.74, 6) is 0. The van der Waals surface area contributed by atoms with E-state index in [-0.39, 0.29) is 0 Å². The summed E-state index contributed by atoms with van der Waals surface area (Å²) in [5, 5.41) is 8.63. The lowest BCUT2D eigenvalue weighted by atomic mass is 10.2. The van der Waals surface area contributed by atoms with Gasteiger partial charge in [0, 0.05) is 3.57 Å². The highest BCUT2D eigenvalue weighted by Crippen LogP contribution is 2.19. The summed E-state index contributed by atoms with van der Waals surface area (Å²) in [6, 6.07) is 7.00. The molecule has 1 aromatic rings. The molecule has 0 heterocycles. The van der Waals surface area contributed by atoms with Crippen LogP contribution in [0.5, 0.6) is 0 Å². The minimum absolute atomic E-state index is 0.368. The molecule has 0 radical (unpaired) electrons. The summed E-state index contributed by atoms with van der Waals surface area (Å²) in [6.45, 7) is 0. The Labute approximate surface area is 82.9 Å². The minimum atomic E-state index is 0.368. The molecule has 0 fully saturated rings. The van der Waals surface area contributed by atoms with Crippen LogP contribution in [0.25, 0.3) is 0 Å². The van der Waals surface area contributed by atoms with E-state index in [9.17, 15) is 4.79 Å². The van der Waals surface area contributed by atoms with Gasteiger partial charge in [-0.1, -0.05) is 0 Å². The van der Waals surface area contributed by atoms with Crippen LogP contribution in [0, 0.1) is 14.9 Å². The Kier molecular flexibility index (Phi) is 2.97. The number of halogens is 1. The fourth-order valence-electron chi connectivity index (χ4n) is 0.744. The first-order valence-electron chi connectivity index (χ1n) is 3.05. The third kappa shape index (κ3) is 1.91. The maximum atomic E-state index is 9.92. The lowest BCUT2D eigenvalue weighted by molar-refractivity contribution is 0.565. The van der Waals surface area contributed by atoms with Gasteiger partial charge in [-0.15, -0.1) is 0 Å². The summed E-state index contributed by atoms with van der Waals surface area (Å²) >= 11 is 2.08. The molecular weight excluding hydrogens is 267 g/mol. The molecule has 58 valence electrons. The van der Waals surface area contributed by atoms with Crippen LogP contribution >= 0.6 is 22.6 Å². The van der Waals surface area contributed by atoms with E-state index in [1.807, 2.05) is 6.07 Å². The first-order chi connectivity index (χ1) is 5.77. The van der Waals surface area contributed by atoms with Crippen molar-refractivity contribution in [2.45, 2.75) is 0 Å². The molecule has 0 unspecified atom stereocenters. The van der Waals surface area contributed by atoms with Gasteiger partial charge in [-0.05, 0) is 40.8 Å². The van der Waals surface area contributed by atoms with Crippen LogP contribution in [0.1, 0.15) is 5.56 Å². The van der Waals surface area contributed by atoms with Gasteiger partial charge in [-0.3, -0.25) is 0 Å². The summed E-state index contributed by atoms with van der Waals surface area (Å²) in [6.07, 6.45) is 1.40. The molecule has 0 aliphatic heterocycles. The number of isocyanates is 1. The van der Waals surface area contributed by atoms with E-state index >= 15 is 0 Å². The molecule has 0 bridgehead atoms. The first kappa shape index (κ1) is 8.91. The summed E-state index contributed by atoms with van der Waals surface area (Å²) in [7, 11) is 0. The number of benzene rings is 1. The smallest absolute Gasteiger partial charge is 0.211 e. The predicted octanol–water partition coefficient (Wildman–Crippen LogP) is 2.13. The Morgan fingerprint density at radius 3 is 2.83 bits per heavy atom. The third-order valence-corrected chi connectivity index (χ3v) is 1.92. The molecule has 12 heavy (non-hydrogen) atoms. The number of rotatable bonds is 1. The molecule has 0 saturated carbocycles. The number of nitriles is 1. The lowest BCUT2D eigenvalue weighted by Crippen LogP contribution is -1.77. The molecule has 0 aliphatic carbocycles. The van der Waals surface area contributed by atoms with E-state index in [0.29, 0.717) is 11.3 Å². The van der Waals surface area contributed by atoms with Crippen molar-refractivity contribution >= 4 is 34.4 Å². The molecule has 4 heteroatoms. The third-order valence-electron chi connectivity index (χ3n) is 1.25. The van der Waals surface area contributed by atoms with Crippen molar-refractivity contribution in [3.05, 3.63) is 27.3 Å². The summed E-state index contributed by atoms with van der Waals surface area (Å²) < 4.78 is 0.939. The molecule has 3 nitrogen and oxygen atoms in total. The second-order valence-electron chi connectivity index (χ2n) is 1.98. The van der Waals surface area contributed by atoms with E-state index in [1.165, 1.54) is 6.08 Å². The molecule has 1 aromatic carbocycles. The van der Waals surface area contributed by atoms with Crippen LogP contribution in [0.3, 0.4) is 0 Å². The van der Waals surface area contributed by atoms with E-state index in [2.05, 4.69) is 27.6 Å². The van der Waals surface area contributed by atoms with Crippen molar-refractivity contribution in [3.63, 3.8) is 0 Å². The molecule has 0 aliphatic rings. The standard InChI is InChI=1S/C8H3IN2O/c9-7-1-2-8(11-5-12)6(3-7)4-10/h1-3H. The molecule has 1 rings (SSSR count). The number of hydrogen-bond acceptors (Lipinski definition) is 3. The average Bonchev–Trinajstić information content (AvgIpc) is 2.08. The molecule has 0 aromatic heterocycles. The lowest BCUT2D eigenvalue weighted by Gasteiger charge is -1.94. The fourth-order valence-corrected chi connectivity index (χ4v) is 1.24. The van der Waals surface area contributed by atoms with E-state index in [0.717, 1.165) is 3.57 Å². The van der Waals surface area contributed by atoms with Crippen molar-refractivity contribution in [3.8, 4) is 6.07 Å². The van der Waals surface area contributed by atoms with Crippen molar-refractivity contribution in [1.82, 2.24) is 0 Å². The second kappa shape index (κ2) is 4.00. The number of nitrogens with zero attached hydrogens (tertiary/aromatic N) is 2. The van der Waals surface area contributed by atoms with Crippen LogP contribution in [-0.2, 0) is 4.79 Å². The maximum Gasteiger partial charge on any atom is 0.240 e. The largest absolute Gasteiger partial charge is 0.240 e. The Balaban J connectivity index is 3.31. The zero-order chi connectivity index (χ0) is 8.97. The van der Waals surface area contributed by atoms with Gasteiger partial charge >= 0.3 is 0 Å². The monoisotopic (exact) mass is 270 g/mol. The highest BCUT2D eigenvalue weighted by atomic mass is 127. The SMILES string of the molecule is N#Cc1cc(I)ccc1N=C=O. The van der Waals surface area contributed by atoms with E-state index in [4.69, 9.17) is 5.26 Å². The van der Waals surface area contributed by atoms with Gasteiger partial charge in [0.25, 0.3) is 0 Å². The molecule has 0 amide bonds. The number of carbonyl (C=O) groups excluding carboxylic acids is 1. The van der Waals surface area contributed by atoms with Crippen LogP contribution < -0.4 is 0 Å². The Morgan fingerprint density at radius 2 is 2.25 bits per heavy atom. The van der Waals surface area contributed by atoms with Crippen LogP contribution in [0.2, 0.25) is 0 Å². The van der Waals surface area contributed by atoms with Gasteiger partial charge in [0.05, 0.1) is 11.3 Å². The number of hydrogen-bond donors (Lipinski definition) is 0. The first-order valence-corrected chi connectivity index (χ1v) is 4.13. The average molecular weight is 270 g/mol. The van der Waals surface area contributed by atoms with Gasteiger partial charge in [0.1, 0.15) is 6.07 Å². The van der Waals surface area contributed by atoms with Crippen LogP contribution in [0.4, 0.5) is 5.69 Å². The van der Waals surface area contributed by atoms with Gasteiger partial charge in [0.15, 0.2) is 0 Å². The normalized spacial score (nSPS) is 8.33. The van der Waals surface area contributed by atoms with Gasteiger partial charge in [-0.25, -0.2) is 4.79 Å². The van der Waals surface area contributed by atoms with Gasteiger partial charge < -0.3 is 0 Å². The molecule has 0 spiro atoms. The van der Waals surface area contributed by atoms with Crippen molar-refractivity contribution in [2.75, 3.05) is 0 Å². The fraction of sp³-hybridized carbons (Fsp3) is 0. The zero-order valence-electron chi connectivity index (χ0n) is 5.91. The van der Waals surface area contributed by atoms with E-state index < -0.39 is 0 Å². The highest BCUT2D eigenvalue weighted by molar-refractivity contribution is 14.1. The van der Waals surface area contributed by atoms with Gasteiger partial charge in [-0.2, -0.15) is 10.3 Å². The minimum Gasteiger partial charge on any atom is -0.211 e. The molecule has 0 atom stereocenters. The topological polar surface area (TPSA) is 53.2 Å². The maximum absolute atomic E-state index is 9.92.